The fraction of sp³-hybridized carbons (Fsp3) is 0.412. The molecule has 0 unspecified atom stereocenters. The molecule has 0 bridgehead atoms. The molecule has 2 atom stereocenters. The molecule has 0 radical (unpaired) electrons. The molecular formula is C17H21N5O4. The molecule has 3 rings (SSSR count). The number of anilines is 1. The van der Waals surface area contributed by atoms with E-state index in [-0.39, 0.29) is 11.9 Å². The van der Waals surface area contributed by atoms with E-state index in [9.17, 15) is 9.59 Å². The molecule has 2 aromatic rings. The Balaban J connectivity index is 2.04. The van der Waals surface area contributed by atoms with Gasteiger partial charge in [-0.3, -0.25) is 4.79 Å². The zero-order valence-corrected chi connectivity index (χ0v) is 14.6. The van der Waals surface area contributed by atoms with Crippen LogP contribution in [0.2, 0.25) is 0 Å². The van der Waals surface area contributed by atoms with Gasteiger partial charge in [-0.2, -0.15) is 4.98 Å². The summed E-state index contributed by atoms with van der Waals surface area (Å²) in [6.45, 7) is 3.81. The van der Waals surface area contributed by atoms with Crippen LogP contribution in [0.4, 0.5) is 10.5 Å². The van der Waals surface area contributed by atoms with Crippen LogP contribution in [0.5, 0.6) is 0 Å². The summed E-state index contributed by atoms with van der Waals surface area (Å²) in [7, 11) is 0. The minimum Gasteiger partial charge on any atom is -0.465 e. The van der Waals surface area contributed by atoms with Crippen LogP contribution < -0.4 is 16.0 Å². The second kappa shape index (κ2) is 7.12. The third-order valence-corrected chi connectivity index (χ3v) is 4.40. The highest BCUT2D eigenvalue weighted by atomic mass is 16.5. The van der Waals surface area contributed by atoms with Crippen molar-refractivity contribution in [2.45, 2.75) is 38.8 Å². The van der Waals surface area contributed by atoms with Crippen molar-refractivity contribution in [1.29, 1.82) is 0 Å². The van der Waals surface area contributed by atoms with E-state index in [0.717, 1.165) is 0 Å². The summed E-state index contributed by atoms with van der Waals surface area (Å²) in [5, 5.41) is 15.6. The third-order valence-electron chi connectivity index (χ3n) is 4.40. The lowest BCUT2D eigenvalue weighted by Crippen LogP contribution is -2.45. The summed E-state index contributed by atoms with van der Waals surface area (Å²) in [5.74, 6) is 0.751. The molecule has 138 valence electrons. The van der Waals surface area contributed by atoms with Gasteiger partial charge in [-0.25, -0.2) is 4.79 Å². The lowest BCUT2D eigenvalue weighted by Gasteiger charge is -2.38. The van der Waals surface area contributed by atoms with Crippen molar-refractivity contribution in [2.24, 2.45) is 5.73 Å². The van der Waals surface area contributed by atoms with Gasteiger partial charge in [-0.1, -0.05) is 5.16 Å². The Morgan fingerprint density at radius 1 is 1.46 bits per heavy atom. The molecule has 0 aliphatic carbocycles. The number of carbonyl (C=O) groups excluding carboxylic acids is 1. The number of hydrogen-bond acceptors (Lipinski definition) is 6. The Labute approximate surface area is 150 Å². The Morgan fingerprint density at radius 3 is 2.88 bits per heavy atom. The van der Waals surface area contributed by atoms with Gasteiger partial charge in [-0.05, 0) is 43.7 Å². The van der Waals surface area contributed by atoms with Gasteiger partial charge in [-0.15, -0.1) is 0 Å². The average molecular weight is 359 g/mol. The number of nitrogens with one attached hydrogen (secondary N) is 1. The second-order valence-electron chi connectivity index (χ2n) is 6.30. The van der Waals surface area contributed by atoms with Crippen LogP contribution in [-0.4, -0.2) is 39.8 Å². The summed E-state index contributed by atoms with van der Waals surface area (Å²) in [6, 6.07) is 4.80. The normalized spacial score (nSPS) is 19.1. The van der Waals surface area contributed by atoms with Gasteiger partial charge in [0.2, 0.25) is 5.91 Å². The standard InChI is InChI=1S/C17H21N5O4/c1-9-7-13(19-17(24)25)12-8-11(3-4-14(12)22(9)10(2)23)16-20-15(5-6-18)21-26-16/h3-4,8-9,13,19H,5-7,18H2,1-2H3,(H,24,25)/t9-,13+/m0/s1. The highest BCUT2D eigenvalue weighted by Crippen LogP contribution is 2.39. The lowest BCUT2D eigenvalue weighted by molar-refractivity contribution is -0.117. The van der Waals surface area contributed by atoms with Crippen LogP contribution in [0.15, 0.2) is 22.7 Å². The van der Waals surface area contributed by atoms with Crippen LogP contribution in [0.25, 0.3) is 11.5 Å². The van der Waals surface area contributed by atoms with Crippen molar-refractivity contribution >= 4 is 17.7 Å². The summed E-state index contributed by atoms with van der Waals surface area (Å²) < 4.78 is 5.27. The van der Waals surface area contributed by atoms with Gasteiger partial charge in [0.1, 0.15) is 0 Å². The molecule has 9 heteroatoms. The fourth-order valence-corrected chi connectivity index (χ4v) is 3.36. The van der Waals surface area contributed by atoms with Crippen LogP contribution in [0.3, 0.4) is 0 Å². The van der Waals surface area contributed by atoms with Gasteiger partial charge in [0, 0.05) is 30.6 Å². The first kappa shape index (κ1) is 17.9. The van der Waals surface area contributed by atoms with Crippen molar-refractivity contribution in [2.75, 3.05) is 11.4 Å². The number of benzene rings is 1. The molecule has 1 aromatic heterocycles. The van der Waals surface area contributed by atoms with E-state index in [1.165, 1.54) is 6.92 Å². The molecule has 0 spiro atoms. The number of aromatic nitrogens is 2. The van der Waals surface area contributed by atoms with Crippen LogP contribution in [0.1, 0.15) is 37.7 Å². The topological polar surface area (TPSA) is 135 Å². The Bertz CT molecular complexity index is 834. The molecule has 2 heterocycles. The Morgan fingerprint density at radius 2 is 2.23 bits per heavy atom. The van der Waals surface area contributed by atoms with Gasteiger partial charge in [0.15, 0.2) is 5.82 Å². The second-order valence-corrected chi connectivity index (χ2v) is 6.30. The largest absolute Gasteiger partial charge is 0.465 e. The molecule has 0 saturated carbocycles. The molecule has 4 N–H and O–H groups in total. The van der Waals surface area contributed by atoms with Crippen molar-refractivity contribution in [3.8, 4) is 11.5 Å². The van der Waals surface area contributed by atoms with E-state index in [1.54, 1.807) is 23.1 Å². The number of nitrogens with zero attached hydrogens (tertiary/aromatic N) is 3. The zero-order chi connectivity index (χ0) is 18.8. The summed E-state index contributed by atoms with van der Waals surface area (Å²) >= 11 is 0. The van der Waals surface area contributed by atoms with Gasteiger partial charge < -0.3 is 25.6 Å². The number of carbonyl (C=O) groups is 2. The maximum Gasteiger partial charge on any atom is 0.405 e. The first-order valence-corrected chi connectivity index (χ1v) is 8.37. The van der Waals surface area contributed by atoms with Crippen LogP contribution in [-0.2, 0) is 11.2 Å². The number of carboxylic acid groups (broad SMARTS) is 1. The molecule has 26 heavy (non-hydrogen) atoms. The number of amides is 2. The minimum absolute atomic E-state index is 0.0942. The summed E-state index contributed by atoms with van der Waals surface area (Å²) in [5.41, 5.74) is 7.55. The van der Waals surface area contributed by atoms with E-state index < -0.39 is 12.1 Å². The van der Waals surface area contributed by atoms with E-state index in [1.807, 2.05) is 6.92 Å². The van der Waals surface area contributed by atoms with Gasteiger partial charge in [0.05, 0.1) is 6.04 Å². The van der Waals surface area contributed by atoms with E-state index in [0.29, 0.717) is 47.9 Å². The quantitative estimate of drug-likeness (QED) is 0.756. The number of fused-ring (bicyclic) bond motifs is 1. The highest BCUT2D eigenvalue weighted by molar-refractivity contribution is 5.94. The molecule has 0 saturated heterocycles. The maximum absolute atomic E-state index is 12.1. The first-order chi connectivity index (χ1) is 12.4. The van der Waals surface area contributed by atoms with Crippen molar-refractivity contribution in [3.05, 3.63) is 29.6 Å². The first-order valence-electron chi connectivity index (χ1n) is 8.37. The Kier molecular flexibility index (Phi) is 4.90. The summed E-state index contributed by atoms with van der Waals surface area (Å²) in [6.07, 6.45) is -0.129. The van der Waals surface area contributed by atoms with E-state index >= 15 is 0 Å². The SMILES string of the molecule is CC(=O)N1c2ccc(-c3nc(CCN)no3)cc2[C@H](NC(=O)O)C[C@@H]1C. The number of nitrogens with two attached hydrogens (primary N) is 1. The molecule has 9 nitrogen and oxygen atoms in total. The van der Waals surface area contributed by atoms with Crippen molar-refractivity contribution in [3.63, 3.8) is 0 Å². The molecule has 1 aromatic carbocycles. The smallest absolute Gasteiger partial charge is 0.405 e. The zero-order valence-electron chi connectivity index (χ0n) is 14.6. The van der Waals surface area contributed by atoms with Crippen molar-refractivity contribution < 1.29 is 19.2 Å². The molecule has 1 aliphatic rings. The van der Waals surface area contributed by atoms with Crippen LogP contribution in [0, 0.1) is 0 Å². The molecule has 1 aliphatic heterocycles. The monoisotopic (exact) mass is 359 g/mol. The van der Waals surface area contributed by atoms with E-state index in [4.69, 9.17) is 15.4 Å². The predicted molar refractivity (Wildman–Crippen MR) is 93.6 cm³/mol. The maximum atomic E-state index is 12.1. The molecule has 0 fully saturated rings. The van der Waals surface area contributed by atoms with Crippen molar-refractivity contribution in [1.82, 2.24) is 15.5 Å². The van der Waals surface area contributed by atoms with Gasteiger partial charge in [0.25, 0.3) is 5.89 Å². The average Bonchev–Trinajstić information content (AvgIpc) is 3.02. The summed E-state index contributed by atoms with van der Waals surface area (Å²) in [4.78, 5) is 29.2. The third kappa shape index (κ3) is 3.38. The Hall–Kier alpha value is -2.94. The number of hydrogen-bond donors (Lipinski definition) is 3. The highest BCUT2D eigenvalue weighted by Gasteiger charge is 2.33. The fourth-order valence-electron chi connectivity index (χ4n) is 3.36. The van der Waals surface area contributed by atoms with Gasteiger partial charge >= 0.3 is 6.09 Å². The van der Waals surface area contributed by atoms with E-state index in [2.05, 4.69) is 15.5 Å². The van der Waals surface area contributed by atoms with Crippen LogP contribution >= 0.6 is 0 Å². The minimum atomic E-state index is -1.11. The molecule has 2 amide bonds. The predicted octanol–water partition coefficient (Wildman–Crippen LogP) is 1.69. The molecular weight excluding hydrogens is 338 g/mol. The number of rotatable bonds is 4. The lowest BCUT2D eigenvalue weighted by atomic mass is 9.90.